The Morgan fingerprint density at radius 3 is 2.58 bits per heavy atom. The fourth-order valence-electron chi connectivity index (χ4n) is 5.93. The molecule has 2 aliphatic rings. The monoisotopic (exact) mass is 540 g/mol. The van der Waals surface area contributed by atoms with Crippen LogP contribution in [-0.2, 0) is 0 Å². The molecule has 2 N–H and O–H groups in total. The maximum atomic E-state index is 13.3. The van der Waals surface area contributed by atoms with Crippen molar-refractivity contribution in [2.75, 3.05) is 19.6 Å². The summed E-state index contributed by atoms with van der Waals surface area (Å²) < 4.78 is 24.5. The molecule has 1 amide bonds. The van der Waals surface area contributed by atoms with Gasteiger partial charge in [0, 0.05) is 31.1 Å². The van der Waals surface area contributed by atoms with Gasteiger partial charge in [0.15, 0.2) is 0 Å². The molecule has 7 nitrogen and oxygen atoms in total. The first-order chi connectivity index (χ1) is 18.4. The summed E-state index contributed by atoms with van der Waals surface area (Å²) >= 11 is 6.12. The molecular weight excluding hydrogens is 507 g/mol. The molecule has 1 aromatic heterocycles. The summed E-state index contributed by atoms with van der Waals surface area (Å²) in [6, 6.07) is 9.87. The van der Waals surface area contributed by atoms with E-state index in [9.17, 15) is 9.18 Å². The molecule has 0 radical (unpaired) electrons. The minimum absolute atomic E-state index is 0.104. The number of carbonyl (C=O) groups excluding carboxylic acids is 1. The molecule has 0 atom stereocenters. The molecule has 1 saturated heterocycles. The van der Waals surface area contributed by atoms with E-state index >= 15 is 0 Å². The lowest BCUT2D eigenvalue weighted by atomic mass is 9.75. The summed E-state index contributed by atoms with van der Waals surface area (Å²) in [5.41, 5.74) is 8.12. The van der Waals surface area contributed by atoms with Crippen molar-refractivity contribution < 1.29 is 18.4 Å². The highest BCUT2D eigenvalue weighted by Gasteiger charge is 2.29. The van der Waals surface area contributed by atoms with Gasteiger partial charge < -0.3 is 19.9 Å². The van der Waals surface area contributed by atoms with Gasteiger partial charge in [-0.15, -0.1) is 0 Å². The zero-order valence-electron chi connectivity index (χ0n) is 21.7. The highest BCUT2D eigenvalue weighted by Crippen LogP contribution is 2.42. The van der Waals surface area contributed by atoms with Crippen molar-refractivity contribution in [1.82, 2.24) is 15.0 Å². The number of aryl methyl sites for hydroxylation is 1. The van der Waals surface area contributed by atoms with Crippen LogP contribution < -0.4 is 10.5 Å². The number of hydrogen-bond acceptors (Lipinski definition) is 6. The van der Waals surface area contributed by atoms with Crippen LogP contribution in [0, 0.1) is 18.7 Å². The van der Waals surface area contributed by atoms with Crippen molar-refractivity contribution in [3.8, 4) is 17.1 Å². The van der Waals surface area contributed by atoms with Crippen molar-refractivity contribution >= 4 is 17.5 Å². The summed E-state index contributed by atoms with van der Waals surface area (Å²) in [6.07, 6.45) is 7.38. The number of primary amides is 1. The number of piperidine rings is 1. The average Bonchev–Trinajstić information content (AvgIpc) is 3.36. The van der Waals surface area contributed by atoms with Gasteiger partial charge in [-0.2, -0.15) is 4.98 Å². The summed E-state index contributed by atoms with van der Waals surface area (Å²) in [5, 5.41) is 4.42. The Morgan fingerprint density at radius 2 is 1.92 bits per heavy atom. The van der Waals surface area contributed by atoms with Gasteiger partial charge in [0.1, 0.15) is 17.7 Å². The van der Waals surface area contributed by atoms with E-state index in [1.807, 2.05) is 12.1 Å². The molecule has 1 saturated carbocycles. The Kier molecular flexibility index (Phi) is 8.29. The molecule has 0 spiro atoms. The predicted octanol–water partition coefficient (Wildman–Crippen LogP) is 6.14. The zero-order chi connectivity index (χ0) is 26.6. The first-order valence-electron chi connectivity index (χ1n) is 13.4. The molecule has 2 fully saturated rings. The summed E-state index contributed by atoms with van der Waals surface area (Å²) in [7, 11) is 0. The van der Waals surface area contributed by atoms with Crippen molar-refractivity contribution in [2.45, 2.75) is 63.9 Å². The van der Waals surface area contributed by atoms with Crippen LogP contribution in [-0.4, -0.2) is 46.7 Å². The van der Waals surface area contributed by atoms with Crippen molar-refractivity contribution in [2.24, 2.45) is 11.7 Å². The quantitative estimate of drug-likeness (QED) is 0.368. The lowest BCUT2D eigenvalue weighted by Gasteiger charge is -2.35. The van der Waals surface area contributed by atoms with Crippen LogP contribution in [0.5, 0.6) is 5.75 Å². The van der Waals surface area contributed by atoms with Gasteiger partial charge in [-0.05, 0) is 93.2 Å². The fraction of sp³-hybridized carbons (Fsp3) is 0.483. The summed E-state index contributed by atoms with van der Waals surface area (Å²) in [6.45, 7) is 4.80. The molecule has 0 unspecified atom stereocenters. The normalized spacial score (nSPS) is 20.9. The van der Waals surface area contributed by atoms with Crippen molar-refractivity contribution in [1.29, 1.82) is 0 Å². The van der Waals surface area contributed by atoms with E-state index in [0.29, 0.717) is 34.0 Å². The molecule has 5 rings (SSSR count). The van der Waals surface area contributed by atoms with Crippen LogP contribution in [0.2, 0.25) is 5.02 Å². The first kappa shape index (κ1) is 26.6. The third kappa shape index (κ3) is 6.18. The largest absolute Gasteiger partial charge is 0.489 e. The lowest BCUT2D eigenvalue weighted by molar-refractivity contribution is 0.0952. The zero-order valence-corrected chi connectivity index (χ0v) is 22.4. The van der Waals surface area contributed by atoms with Gasteiger partial charge in [0.05, 0.1) is 5.02 Å². The van der Waals surface area contributed by atoms with Gasteiger partial charge in [0.2, 0.25) is 17.6 Å². The van der Waals surface area contributed by atoms with Crippen LogP contribution in [0.4, 0.5) is 4.39 Å². The number of rotatable bonds is 8. The maximum absolute atomic E-state index is 13.3. The van der Waals surface area contributed by atoms with E-state index in [4.69, 9.17) is 26.6 Å². The molecule has 202 valence electrons. The second kappa shape index (κ2) is 11.8. The number of nitrogens with two attached hydrogens (primary N) is 1. The van der Waals surface area contributed by atoms with Gasteiger partial charge >= 0.3 is 0 Å². The molecule has 0 bridgehead atoms. The van der Waals surface area contributed by atoms with Crippen LogP contribution in [0.25, 0.3) is 11.4 Å². The minimum atomic E-state index is -0.418. The van der Waals surface area contributed by atoms with Crippen molar-refractivity contribution in [3.63, 3.8) is 0 Å². The summed E-state index contributed by atoms with van der Waals surface area (Å²) in [4.78, 5) is 19.2. The van der Waals surface area contributed by atoms with E-state index < -0.39 is 5.91 Å². The number of ether oxygens (including phenoxy) is 1. The number of likely N-dealkylation sites (tertiary alicyclic amines) is 1. The van der Waals surface area contributed by atoms with Gasteiger partial charge in [-0.1, -0.05) is 28.9 Å². The van der Waals surface area contributed by atoms with E-state index in [0.717, 1.165) is 75.7 Å². The van der Waals surface area contributed by atoms with Crippen LogP contribution in [0.1, 0.15) is 72.7 Å². The first-order valence-corrected chi connectivity index (χ1v) is 13.8. The number of carbonyl (C=O) groups is 1. The predicted molar refractivity (Wildman–Crippen MR) is 144 cm³/mol. The van der Waals surface area contributed by atoms with E-state index in [1.54, 1.807) is 19.1 Å². The Balaban J connectivity index is 1.12. The number of amides is 1. The molecule has 2 aromatic carbocycles. The molecule has 9 heteroatoms. The van der Waals surface area contributed by atoms with Crippen LogP contribution >= 0.6 is 11.6 Å². The molecule has 1 aliphatic heterocycles. The topological polar surface area (TPSA) is 94.5 Å². The number of nitrogens with zero attached hydrogens (tertiary/aromatic N) is 3. The van der Waals surface area contributed by atoms with Gasteiger partial charge in [-0.3, -0.25) is 4.79 Å². The smallest absolute Gasteiger partial charge is 0.249 e. The van der Waals surface area contributed by atoms with Gasteiger partial charge in [-0.25, -0.2) is 4.39 Å². The Morgan fingerprint density at radius 1 is 1.16 bits per heavy atom. The van der Waals surface area contributed by atoms with E-state index in [2.05, 4.69) is 15.0 Å². The number of benzene rings is 2. The number of aromatic nitrogens is 2. The second-order valence-electron chi connectivity index (χ2n) is 10.5. The van der Waals surface area contributed by atoms with Gasteiger partial charge in [0.25, 0.3) is 0 Å². The maximum Gasteiger partial charge on any atom is 0.249 e. The van der Waals surface area contributed by atoms with Crippen molar-refractivity contribution in [3.05, 3.63) is 64.3 Å². The Labute approximate surface area is 227 Å². The van der Waals surface area contributed by atoms with E-state index in [-0.39, 0.29) is 17.8 Å². The third-order valence-corrected chi connectivity index (χ3v) is 8.27. The average molecular weight is 541 g/mol. The Hall–Kier alpha value is -2.97. The standard InChI is InChI=1S/C29H34ClFN4O3/c1-18-33-29(34-38-18)24-4-2-3-23(28(32)36)27(24)20-7-5-19(6-8-20)11-14-35-15-12-22(13-16-35)37-26-10-9-21(31)17-25(26)30/h2-4,9-10,17,19-20,22H,5-8,11-16H2,1H3,(H2,32,36). The fourth-order valence-corrected chi connectivity index (χ4v) is 6.14. The Bertz CT molecular complexity index is 1270. The van der Waals surface area contributed by atoms with E-state index in [1.165, 1.54) is 12.1 Å². The minimum Gasteiger partial charge on any atom is -0.489 e. The number of hydrogen-bond donors (Lipinski definition) is 1. The molecule has 1 aliphatic carbocycles. The van der Waals surface area contributed by atoms with Crippen LogP contribution in [0.15, 0.2) is 40.9 Å². The number of halogens is 2. The highest BCUT2D eigenvalue weighted by atomic mass is 35.5. The summed E-state index contributed by atoms with van der Waals surface area (Å²) in [5.74, 6) is 1.69. The molecule has 2 heterocycles. The lowest BCUT2D eigenvalue weighted by Crippen LogP contribution is -2.39. The molecule has 38 heavy (non-hydrogen) atoms. The molecule has 3 aromatic rings. The third-order valence-electron chi connectivity index (χ3n) is 7.97. The SMILES string of the molecule is Cc1nc(-c2cccc(C(N)=O)c2C2CCC(CCN3CCC(Oc4ccc(F)cc4Cl)CC3)CC2)no1. The second-order valence-corrected chi connectivity index (χ2v) is 10.9. The molecular formula is C29H34ClFN4O3. The van der Waals surface area contributed by atoms with Crippen LogP contribution in [0.3, 0.4) is 0 Å². The highest BCUT2D eigenvalue weighted by molar-refractivity contribution is 6.32.